The highest BCUT2D eigenvalue weighted by Crippen LogP contribution is 2.36. The van der Waals surface area contributed by atoms with E-state index in [1.807, 2.05) is 0 Å². The number of hydrogen-bond acceptors (Lipinski definition) is 3. The SMILES string of the molecule is O=c1c(Cl)cc(C(F)(F)F)cn1Cc1cc2c(cc1Br)OCCO2. The van der Waals surface area contributed by atoms with E-state index in [4.69, 9.17) is 21.1 Å². The molecule has 0 unspecified atom stereocenters. The summed E-state index contributed by atoms with van der Waals surface area (Å²) in [6.07, 6.45) is -3.85. The van der Waals surface area contributed by atoms with Crippen LogP contribution in [0.15, 0.2) is 33.7 Å². The van der Waals surface area contributed by atoms with Crippen LogP contribution in [0.1, 0.15) is 11.1 Å². The van der Waals surface area contributed by atoms with E-state index in [0.717, 1.165) is 10.8 Å². The van der Waals surface area contributed by atoms with Gasteiger partial charge in [-0.15, -0.1) is 0 Å². The maximum Gasteiger partial charge on any atom is 0.417 e. The minimum Gasteiger partial charge on any atom is -0.486 e. The van der Waals surface area contributed by atoms with Crippen molar-refractivity contribution in [2.45, 2.75) is 12.7 Å². The summed E-state index contributed by atoms with van der Waals surface area (Å²) in [5, 5.41) is -0.488. The van der Waals surface area contributed by atoms with Crippen molar-refractivity contribution in [3.63, 3.8) is 0 Å². The van der Waals surface area contributed by atoms with Gasteiger partial charge in [0.05, 0.1) is 12.1 Å². The van der Waals surface area contributed by atoms with Crippen molar-refractivity contribution >= 4 is 27.5 Å². The fourth-order valence-electron chi connectivity index (χ4n) is 2.28. The first-order valence-electron chi connectivity index (χ1n) is 6.81. The number of nitrogens with zero attached hydrogens (tertiary/aromatic N) is 1. The third kappa shape index (κ3) is 3.39. The summed E-state index contributed by atoms with van der Waals surface area (Å²) in [5.74, 6) is 1.01. The van der Waals surface area contributed by atoms with Crippen LogP contribution in [0.5, 0.6) is 11.5 Å². The van der Waals surface area contributed by atoms with Gasteiger partial charge < -0.3 is 14.0 Å². The van der Waals surface area contributed by atoms with Gasteiger partial charge in [-0.2, -0.15) is 13.2 Å². The quantitative estimate of drug-likeness (QED) is 0.729. The normalized spacial score (nSPS) is 13.9. The van der Waals surface area contributed by atoms with E-state index in [9.17, 15) is 18.0 Å². The van der Waals surface area contributed by atoms with Gasteiger partial charge in [0.25, 0.3) is 5.56 Å². The van der Waals surface area contributed by atoms with Crippen LogP contribution < -0.4 is 15.0 Å². The summed E-state index contributed by atoms with van der Waals surface area (Å²) in [6.45, 7) is 0.699. The van der Waals surface area contributed by atoms with Gasteiger partial charge in [-0.1, -0.05) is 27.5 Å². The molecule has 0 aliphatic carbocycles. The molecule has 4 nitrogen and oxygen atoms in total. The Morgan fingerprint density at radius 2 is 1.79 bits per heavy atom. The Morgan fingerprint density at radius 1 is 1.17 bits per heavy atom. The van der Waals surface area contributed by atoms with Crippen molar-refractivity contribution in [1.82, 2.24) is 4.57 Å². The van der Waals surface area contributed by atoms with Crippen LogP contribution in [0.3, 0.4) is 0 Å². The molecule has 1 aliphatic rings. The fourth-order valence-corrected chi connectivity index (χ4v) is 2.96. The first kappa shape index (κ1) is 17.2. The molecule has 9 heteroatoms. The molecule has 24 heavy (non-hydrogen) atoms. The summed E-state index contributed by atoms with van der Waals surface area (Å²) in [7, 11) is 0. The molecule has 0 radical (unpaired) electrons. The van der Waals surface area contributed by atoms with Crippen molar-refractivity contribution in [3.8, 4) is 11.5 Å². The molecule has 0 fully saturated rings. The van der Waals surface area contributed by atoms with Gasteiger partial charge in [-0.25, -0.2) is 0 Å². The molecule has 1 aromatic carbocycles. The Kier molecular flexibility index (Phi) is 4.52. The molecular weight excluding hydrogens is 415 g/mol. The Balaban J connectivity index is 2.02. The van der Waals surface area contributed by atoms with Gasteiger partial charge in [-0.3, -0.25) is 4.79 Å². The Hall–Kier alpha value is -1.67. The Bertz CT molecular complexity index is 851. The van der Waals surface area contributed by atoms with Gasteiger partial charge in [0.1, 0.15) is 18.2 Å². The van der Waals surface area contributed by atoms with Gasteiger partial charge in [-0.05, 0) is 23.8 Å². The first-order valence-corrected chi connectivity index (χ1v) is 7.98. The van der Waals surface area contributed by atoms with Crippen molar-refractivity contribution in [1.29, 1.82) is 0 Å². The van der Waals surface area contributed by atoms with E-state index in [1.54, 1.807) is 12.1 Å². The minimum absolute atomic E-state index is 0.0975. The Morgan fingerprint density at radius 3 is 2.42 bits per heavy atom. The van der Waals surface area contributed by atoms with E-state index in [0.29, 0.717) is 40.8 Å². The molecule has 2 heterocycles. The molecule has 128 valence electrons. The van der Waals surface area contributed by atoms with Gasteiger partial charge in [0, 0.05) is 10.7 Å². The van der Waals surface area contributed by atoms with E-state index in [1.165, 1.54) is 0 Å². The molecule has 0 saturated heterocycles. The number of hydrogen-bond donors (Lipinski definition) is 0. The van der Waals surface area contributed by atoms with Crippen LogP contribution in [0, 0.1) is 0 Å². The standard InChI is InChI=1S/C15H10BrClF3NO3/c16-10-5-13-12(23-1-2-24-13)3-8(10)6-21-7-9(15(18,19)20)4-11(17)14(21)22/h3-5,7H,1-2,6H2. The van der Waals surface area contributed by atoms with Crippen LogP contribution >= 0.6 is 27.5 Å². The molecule has 1 aromatic heterocycles. The van der Waals surface area contributed by atoms with E-state index in [2.05, 4.69) is 15.9 Å². The van der Waals surface area contributed by atoms with Crippen molar-refractivity contribution in [2.24, 2.45) is 0 Å². The van der Waals surface area contributed by atoms with Crippen LogP contribution in [0.4, 0.5) is 13.2 Å². The number of ether oxygens (including phenoxy) is 2. The van der Waals surface area contributed by atoms with Crippen LogP contribution in [0.25, 0.3) is 0 Å². The number of benzene rings is 1. The summed E-state index contributed by atoms with van der Waals surface area (Å²) in [4.78, 5) is 12.0. The molecule has 0 N–H and O–H groups in total. The lowest BCUT2D eigenvalue weighted by Gasteiger charge is -2.20. The zero-order valence-corrected chi connectivity index (χ0v) is 14.3. The maximum absolute atomic E-state index is 12.9. The molecule has 0 spiro atoms. The lowest BCUT2D eigenvalue weighted by molar-refractivity contribution is -0.138. The zero-order chi connectivity index (χ0) is 17.5. The predicted molar refractivity (Wildman–Crippen MR) is 84.9 cm³/mol. The molecule has 0 atom stereocenters. The second kappa shape index (κ2) is 6.33. The number of pyridine rings is 1. The molecule has 0 bridgehead atoms. The fraction of sp³-hybridized carbons (Fsp3) is 0.267. The van der Waals surface area contributed by atoms with Gasteiger partial charge in [0.2, 0.25) is 0 Å². The highest BCUT2D eigenvalue weighted by Gasteiger charge is 2.32. The smallest absolute Gasteiger partial charge is 0.417 e. The molecule has 2 aromatic rings. The number of rotatable bonds is 2. The van der Waals surface area contributed by atoms with Crippen molar-refractivity contribution in [3.05, 3.63) is 55.4 Å². The molecule has 3 rings (SSSR count). The number of alkyl halides is 3. The first-order chi connectivity index (χ1) is 11.3. The molecule has 1 aliphatic heterocycles. The van der Waals surface area contributed by atoms with Crippen LogP contribution in [0.2, 0.25) is 5.02 Å². The van der Waals surface area contributed by atoms with Crippen molar-refractivity contribution in [2.75, 3.05) is 13.2 Å². The number of halogens is 5. The molecular formula is C15H10BrClF3NO3. The van der Waals surface area contributed by atoms with E-state index in [-0.39, 0.29) is 6.54 Å². The molecule has 0 saturated carbocycles. The predicted octanol–water partition coefficient (Wildman–Crippen LogP) is 4.10. The number of aromatic nitrogens is 1. The summed E-state index contributed by atoms with van der Waals surface area (Å²) >= 11 is 8.98. The molecule has 0 amide bonds. The lowest BCUT2D eigenvalue weighted by atomic mass is 10.2. The zero-order valence-electron chi connectivity index (χ0n) is 12.0. The average Bonchev–Trinajstić information content (AvgIpc) is 2.51. The largest absolute Gasteiger partial charge is 0.486 e. The number of fused-ring (bicyclic) bond motifs is 1. The summed E-state index contributed by atoms with van der Waals surface area (Å²) in [6, 6.07) is 3.91. The minimum atomic E-state index is -4.59. The summed E-state index contributed by atoms with van der Waals surface area (Å²) < 4.78 is 51.1. The lowest BCUT2D eigenvalue weighted by Crippen LogP contribution is -2.23. The highest BCUT2D eigenvalue weighted by atomic mass is 79.9. The maximum atomic E-state index is 12.9. The van der Waals surface area contributed by atoms with Gasteiger partial charge >= 0.3 is 6.18 Å². The average molecular weight is 425 g/mol. The Labute approximate surface area is 147 Å². The second-order valence-corrected chi connectivity index (χ2v) is 6.36. The highest BCUT2D eigenvalue weighted by molar-refractivity contribution is 9.10. The second-order valence-electron chi connectivity index (χ2n) is 5.09. The summed E-state index contributed by atoms with van der Waals surface area (Å²) in [5.41, 5.74) is -1.12. The third-order valence-electron chi connectivity index (χ3n) is 3.42. The monoisotopic (exact) mass is 423 g/mol. The van der Waals surface area contributed by atoms with E-state index < -0.39 is 22.3 Å². The van der Waals surface area contributed by atoms with E-state index >= 15 is 0 Å². The van der Waals surface area contributed by atoms with Crippen LogP contribution in [-0.4, -0.2) is 17.8 Å². The topological polar surface area (TPSA) is 40.5 Å². The van der Waals surface area contributed by atoms with Crippen molar-refractivity contribution < 1.29 is 22.6 Å². The van der Waals surface area contributed by atoms with Crippen LogP contribution in [-0.2, 0) is 12.7 Å². The third-order valence-corrected chi connectivity index (χ3v) is 4.43. The van der Waals surface area contributed by atoms with Gasteiger partial charge in [0.15, 0.2) is 11.5 Å².